The van der Waals surface area contributed by atoms with Crippen LogP contribution in [-0.2, 0) is 0 Å². The van der Waals surface area contributed by atoms with Crippen LogP contribution in [0, 0.1) is 17.8 Å². The summed E-state index contributed by atoms with van der Waals surface area (Å²) in [6.45, 7) is 10.9. The van der Waals surface area contributed by atoms with Gasteiger partial charge < -0.3 is 0 Å². The van der Waals surface area contributed by atoms with Gasteiger partial charge in [0.05, 0.1) is 0 Å². The predicted octanol–water partition coefficient (Wildman–Crippen LogP) is 3.63. The number of hydrogen-bond acceptors (Lipinski definition) is 0. The fourth-order valence-electron chi connectivity index (χ4n) is 2.40. The van der Waals surface area contributed by atoms with Crippen LogP contribution in [0.25, 0.3) is 0 Å². The lowest BCUT2D eigenvalue weighted by molar-refractivity contribution is 0.416. The summed E-state index contributed by atoms with van der Waals surface area (Å²) in [5, 5.41) is 0. The Bertz CT molecular complexity index is 146. The second kappa shape index (κ2) is 3.42. The van der Waals surface area contributed by atoms with Crippen LogP contribution in [0.4, 0.5) is 0 Å². The normalized spacial score (nSPS) is 37.5. The molecular weight excluding hydrogens is 132 g/mol. The first kappa shape index (κ1) is 8.83. The minimum Gasteiger partial charge on any atom is -0.100 e. The van der Waals surface area contributed by atoms with Crippen molar-refractivity contribution >= 4 is 0 Å². The van der Waals surface area contributed by atoms with Crippen molar-refractivity contribution in [3.05, 3.63) is 12.2 Å². The Balaban J connectivity index is 2.40. The average molecular weight is 152 g/mol. The van der Waals surface area contributed by atoms with Gasteiger partial charge in [-0.2, -0.15) is 0 Å². The maximum absolute atomic E-state index is 3.98. The van der Waals surface area contributed by atoms with Crippen molar-refractivity contribution in [1.29, 1.82) is 0 Å². The lowest BCUT2D eigenvalue weighted by Gasteiger charge is -2.14. The molecule has 1 aliphatic carbocycles. The quantitative estimate of drug-likeness (QED) is 0.530. The summed E-state index contributed by atoms with van der Waals surface area (Å²) < 4.78 is 0. The van der Waals surface area contributed by atoms with Gasteiger partial charge in [0.25, 0.3) is 0 Å². The molecule has 1 aliphatic rings. The second-order valence-electron chi connectivity index (χ2n) is 4.48. The van der Waals surface area contributed by atoms with Crippen LogP contribution in [0.3, 0.4) is 0 Å². The monoisotopic (exact) mass is 152 g/mol. The van der Waals surface area contributed by atoms with Gasteiger partial charge in [-0.3, -0.25) is 0 Å². The van der Waals surface area contributed by atoms with Gasteiger partial charge in [-0.05, 0) is 43.9 Å². The van der Waals surface area contributed by atoms with E-state index in [2.05, 4.69) is 27.4 Å². The molecule has 0 heteroatoms. The Morgan fingerprint density at radius 1 is 1.36 bits per heavy atom. The molecule has 0 saturated heterocycles. The molecule has 0 bridgehead atoms. The molecule has 3 atom stereocenters. The summed E-state index contributed by atoms with van der Waals surface area (Å²) in [6, 6.07) is 0. The van der Waals surface area contributed by atoms with Crippen molar-refractivity contribution in [3.63, 3.8) is 0 Å². The third-order valence-electron chi connectivity index (χ3n) is 2.89. The van der Waals surface area contributed by atoms with E-state index < -0.39 is 0 Å². The number of hydrogen-bond donors (Lipinski definition) is 0. The van der Waals surface area contributed by atoms with Crippen molar-refractivity contribution in [1.82, 2.24) is 0 Å². The Morgan fingerprint density at radius 2 is 2.00 bits per heavy atom. The zero-order valence-electron chi connectivity index (χ0n) is 8.06. The van der Waals surface area contributed by atoms with E-state index in [1.165, 1.54) is 24.8 Å². The van der Waals surface area contributed by atoms with E-state index in [1.807, 2.05) is 0 Å². The summed E-state index contributed by atoms with van der Waals surface area (Å²) in [4.78, 5) is 0. The minimum atomic E-state index is 0.932. The Morgan fingerprint density at radius 3 is 2.36 bits per heavy atom. The van der Waals surface area contributed by atoms with Gasteiger partial charge >= 0.3 is 0 Å². The number of allylic oxidation sites excluding steroid dienone is 1. The smallest absolute Gasteiger partial charge is 0.0295 e. The van der Waals surface area contributed by atoms with E-state index in [0.29, 0.717) is 0 Å². The molecule has 0 aromatic rings. The minimum absolute atomic E-state index is 0.932. The summed E-state index contributed by atoms with van der Waals surface area (Å²) >= 11 is 0. The van der Waals surface area contributed by atoms with Crippen LogP contribution in [0.1, 0.15) is 40.0 Å². The van der Waals surface area contributed by atoms with Crippen LogP contribution in [0.15, 0.2) is 12.2 Å². The van der Waals surface area contributed by atoms with Crippen molar-refractivity contribution in [2.24, 2.45) is 17.8 Å². The molecule has 0 spiro atoms. The fourth-order valence-corrected chi connectivity index (χ4v) is 2.40. The van der Waals surface area contributed by atoms with Crippen LogP contribution in [-0.4, -0.2) is 0 Å². The Kier molecular flexibility index (Phi) is 2.75. The van der Waals surface area contributed by atoms with E-state index in [9.17, 15) is 0 Å². The highest BCUT2D eigenvalue weighted by atomic mass is 14.3. The van der Waals surface area contributed by atoms with Crippen molar-refractivity contribution < 1.29 is 0 Å². The van der Waals surface area contributed by atoms with Gasteiger partial charge in [-0.1, -0.05) is 19.4 Å². The van der Waals surface area contributed by atoms with Crippen molar-refractivity contribution in [2.75, 3.05) is 0 Å². The molecular formula is C11H20. The number of rotatable bonds is 2. The molecule has 3 unspecified atom stereocenters. The zero-order chi connectivity index (χ0) is 8.43. The molecule has 0 aromatic carbocycles. The molecule has 1 saturated carbocycles. The summed E-state index contributed by atoms with van der Waals surface area (Å²) in [6.07, 6.45) is 4.11. The highest BCUT2D eigenvalue weighted by Crippen LogP contribution is 2.38. The molecule has 0 amide bonds. The predicted molar refractivity (Wildman–Crippen MR) is 50.5 cm³/mol. The Labute approximate surface area is 70.7 Å². The van der Waals surface area contributed by atoms with Gasteiger partial charge in [0, 0.05) is 0 Å². The van der Waals surface area contributed by atoms with Crippen molar-refractivity contribution in [2.45, 2.75) is 40.0 Å². The average Bonchev–Trinajstić information content (AvgIpc) is 2.09. The van der Waals surface area contributed by atoms with Crippen LogP contribution in [0.5, 0.6) is 0 Å². The molecule has 0 aromatic heterocycles. The first-order valence-corrected chi connectivity index (χ1v) is 4.74. The van der Waals surface area contributed by atoms with Gasteiger partial charge in [-0.15, -0.1) is 6.58 Å². The van der Waals surface area contributed by atoms with Gasteiger partial charge in [-0.25, -0.2) is 0 Å². The molecule has 1 rings (SSSR count). The SMILES string of the molecule is C=C(C)CC1CC(C)CC1C. The molecule has 0 radical (unpaired) electrons. The van der Waals surface area contributed by atoms with E-state index >= 15 is 0 Å². The second-order valence-corrected chi connectivity index (χ2v) is 4.48. The molecule has 0 aliphatic heterocycles. The van der Waals surface area contributed by atoms with E-state index in [4.69, 9.17) is 0 Å². The lowest BCUT2D eigenvalue weighted by atomic mass is 9.92. The zero-order valence-corrected chi connectivity index (χ0v) is 8.06. The summed E-state index contributed by atoms with van der Waals surface area (Å²) in [5.41, 5.74) is 1.36. The molecule has 0 N–H and O–H groups in total. The Hall–Kier alpha value is -0.260. The van der Waals surface area contributed by atoms with E-state index in [1.54, 1.807) is 0 Å². The first-order chi connectivity index (χ1) is 5.09. The van der Waals surface area contributed by atoms with E-state index in [0.717, 1.165) is 17.8 Å². The summed E-state index contributed by atoms with van der Waals surface area (Å²) in [5.74, 6) is 2.82. The lowest BCUT2D eigenvalue weighted by Crippen LogP contribution is -2.03. The maximum atomic E-state index is 3.98. The van der Waals surface area contributed by atoms with Crippen LogP contribution in [0.2, 0.25) is 0 Å². The molecule has 0 nitrogen and oxygen atoms in total. The highest BCUT2D eigenvalue weighted by molar-refractivity contribution is 4.94. The van der Waals surface area contributed by atoms with Crippen molar-refractivity contribution in [3.8, 4) is 0 Å². The first-order valence-electron chi connectivity index (χ1n) is 4.74. The van der Waals surface area contributed by atoms with Gasteiger partial charge in [0.15, 0.2) is 0 Å². The summed E-state index contributed by atoms with van der Waals surface area (Å²) in [7, 11) is 0. The van der Waals surface area contributed by atoms with Crippen LogP contribution >= 0.6 is 0 Å². The molecule has 1 fully saturated rings. The third-order valence-corrected chi connectivity index (χ3v) is 2.89. The molecule has 11 heavy (non-hydrogen) atoms. The maximum Gasteiger partial charge on any atom is -0.0295 e. The molecule has 0 heterocycles. The fraction of sp³-hybridized carbons (Fsp3) is 0.818. The van der Waals surface area contributed by atoms with Gasteiger partial charge in [0.1, 0.15) is 0 Å². The van der Waals surface area contributed by atoms with E-state index in [-0.39, 0.29) is 0 Å². The molecule has 64 valence electrons. The van der Waals surface area contributed by atoms with Crippen LogP contribution < -0.4 is 0 Å². The van der Waals surface area contributed by atoms with Gasteiger partial charge in [0.2, 0.25) is 0 Å². The highest BCUT2D eigenvalue weighted by Gasteiger charge is 2.27. The largest absolute Gasteiger partial charge is 0.100 e. The standard InChI is InChI=1S/C11H20/c1-8(2)5-11-7-9(3)6-10(11)4/h9-11H,1,5-7H2,2-4H3. The topological polar surface area (TPSA) is 0 Å². The third kappa shape index (κ3) is 2.36.